The first-order valence-electron chi connectivity index (χ1n) is 3.33. The normalized spacial score (nSPS) is 9.64. The molecule has 0 aliphatic rings. The van der Waals surface area contributed by atoms with Gasteiger partial charge in [0.05, 0.1) is 6.61 Å². The molecule has 0 amide bonds. The topological polar surface area (TPSA) is 29.5 Å². The maximum Gasteiger partial charge on any atom is 0.165 e. The van der Waals surface area contributed by atoms with Gasteiger partial charge in [0.2, 0.25) is 0 Å². The molecule has 0 spiro atoms. The lowest BCUT2D eigenvalue weighted by Gasteiger charge is -2.03. The van der Waals surface area contributed by atoms with Crippen molar-refractivity contribution in [3.63, 3.8) is 0 Å². The summed E-state index contributed by atoms with van der Waals surface area (Å²) in [5.74, 6) is -0.220. The number of aliphatic hydroxyl groups excluding tert-OH is 1. The Morgan fingerprint density at radius 2 is 2.09 bits per heavy atom. The molecule has 0 bridgehead atoms. The smallest absolute Gasteiger partial charge is 0.165 e. The van der Waals surface area contributed by atoms with Gasteiger partial charge in [-0.2, -0.15) is 0 Å². The number of hydrogen-bond acceptors (Lipinski definition) is 2. The Kier molecular flexibility index (Phi) is 2.86. The van der Waals surface area contributed by atoms with Gasteiger partial charge in [0.1, 0.15) is 6.61 Å². The van der Waals surface area contributed by atoms with Gasteiger partial charge in [-0.15, -0.1) is 0 Å². The van der Waals surface area contributed by atoms with Gasteiger partial charge in [-0.1, -0.05) is 12.1 Å². The van der Waals surface area contributed by atoms with E-state index in [9.17, 15) is 4.39 Å². The standard InChI is InChI=1S/C8H9FO2/c9-7-3-1-2-4-8(7)11-6-5-10/h1-4,10H,5-6H2. The highest BCUT2D eigenvalue weighted by Crippen LogP contribution is 2.14. The molecular weight excluding hydrogens is 147 g/mol. The highest BCUT2D eigenvalue weighted by Gasteiger charge is 1.98. The van der Waals surface area contributed by atoms with Crippen LogP contribution in [0.2, 0.25) is 0 Å². The maximum atomic E-state index is 12.7. The Bertz CT molecular complexity index is 225. The van der Waals surface area contributed by atoms with E-state index in [0.29, 0.717) is 0 Å². The van der Waals surface area contributed by atoms with E-state index in [4.69, 9.17) is 9.84 Å². The van der Waals surface area contributed by atoms with E-state index in [2.05, 4.69) is 0 Å². The molecule has 2 nitrogen and oxygen atoms in total. The molecule has 0 heterocycles. The van der Waals surface area contributed by atoms with Gasteiger partial charge < -0.3 is 9.84 Å². The van der Waals surface area contributed by atoms with Gasteiger partial charge in [-0.05, 0) is 12.1 Å². The molecule has 60 valence electrons. The van der Waals surface area contributed by atoms with Crippen LogP contribution >= 0.6 is 0 Å². The molecular formula is C8H9FO2. The first-order chi connectivity index (χ1) is 5.34. The zero-order valence-electron chi connectivity index (χ0n) is 5.96. The molecule has 0 unspecified atom stereocenters. The van der Waals surface area contributed by atoms with E-state index < -0.39 is 5.82 Å². The monoisotopic (exact) mass is 156 g/mol. The summed E-state index contributed by atoms with van der Waals surface area (Å²) in [5, 5.41) is 8.37. The molecule has 0 aliphatic heterocycles. The summed E-state index contributed by atoms with van der Waals surface area (Å²) in [6, 6.07) is 6.09. The third-order valence-corrected chi connectivity index (χ3v) is 1.19. The number of ether oxygens (including phenoxy) is 1. The van der Waals surface area contributed by atoms with Gasteiger partial charge in [-0.3, -0.25) is 0 Å². The van der Waals surface area contributed by atoms with Crippen molar-refractivity contribution in [1.82, 2.24) is 0 Å². The van der Waals surface area contributed by atoms with Crippen molar-refractivity contribution >= 4 is 0 Å². The van der Waals surface area contributed by atoms with E-state index in [1.807, 2.05) is 0 Å². The van der Waals surface area contributed by atoms with Gasteiger partial charge in [0.25, 0.3) is 0 Å². The van der Waals surface area contributed by atoms with Crippen molar-refractivity contribution in [3.8, 4) is 5.75 Å². The zero-order valence-corrected chi connectivity index (χ0v) is 5.96. The Morgan fingerprint density at radius 3 is 2.73 bits per heavy atom. The van der Waals surface area contributed by atoms with Crippen molar-refractivity contribution in [2.45, 2.75) is 0 Å². The predicted molar refractivity (Wildman–Crippen MR) is 39.0 cm³/mol. The van der Waals surface area contributed by atoms with Gasteiger partial charge in [-0.25, -0.2) is 4.39 Å². The molecule has 0 fully saturated rings. The largest absolute Gasteiger partial charge is 0.488 e. The predicted octanol–water partition coefficient (Wildman–Crippen LogP) is 1.20. The third kappa shape index (κ3) is 2.20. The van der Waals surface area contributed by atoms with Crippen molar-refractivity contribution < 1.29 is 14.2 Å². The number of halogens is 1. The van der Waals surface area contributed by atoms with Crippen LogP contribution in [-0.4, -0.2) is 18.3 Å². The van der Waals surface area contributed by atoms with Crippen molar-refractivity contribution in [2.75, 3.05) is 13.2 Å². The second-order valence-electron chi connectivity index (χ2n) is 2.00. The molecule has 1 aromatic rings. The lowest BCUT2D eigenvalue weighted by Crippen LogP contribution is -2.02. The molecule has 0 radical (unpaired) electrons. The first-order valence-corrected chi connectivity index (χ1v) is 3.33. The summed E-state index contributed by atoms with van der Waals surface area (Å²) in [5.41, 5.74) is 0. The van der Waals surface area contributed by atoms with Crippen LogP contribution in [0.4, 0.5) is 4.39 Å². The fraction of sp³-hybridized carbons (Fsp3) is 0.250. The lowest BCUT2D eigenvalue weighted by atomic mass is 10.3. The van der Waals surface area contributed by atoms with Crippen LogP contribution in [0.15, 0.2) is 24.3 Å². The fourth-order valence-electron chi connectivity index (χ4n) is 0.717. The minimum atomic E-state index is -0.402. The van der Waals surface area contributed by atoms with Crippen LogP contribution < -0.4 is 4.74 Å². The fourth-order valence-corrected chi connectivity index (χ4v) is 0.717. The molecule has 11 heavy (non-hydrogen) atoms. The van der Waals surface area contributed by atoms with Gasteiger partial charge in [0, 0.05) is 0 Å². The molecule has 0 aromatic heterocycles. The van der Waals surface area contributed by atoms with Crippen LogP contribution in [-0.2, 0) is 0 Å². The summed E-state index contributed by atoms with van der Waals surface area (Å²) >= 11 is 0. The Morgan fingerprint density at radius 1 is 1.36 bits per heavy atom. The number of hydrogen-bond donors (Lipinski definition) is 1. The van der Waals surface area contributed by atoms with Crippen LogP contribution in [0.3, 0.4) is 0 Å². The van der Waals surface area contributed by atoms with E-state index in [1.165, 1.54) is 12.1 Å². The summed E-state index contributed by atoms with van der Waals surface area (Å²) in [6.07, 6.45) is 0. The molecule has 1 aromatic carbocycles. The Hall–Kier alpha value is -1.09. The van der Waals surface area contributed by atoms with Crippen LogP contribution in [0.25, 0.3) is 0 Å². The molecule has 1 rings (SSSR count). The first kappa shape index (κ1) is 8.01. The SMILES string of the molecule is OCCOc1ccccc1F. The van der Waals surface area contributed by atoms with E-state index in [0.717, 1.165) is 0 Å². The number of rotatable bonds is 3. The Labute approximate surface area is 64.2 Å². The van der Waals surface area contributed by atoms with Crippen LogP contribution in [0.5, 0.6) is 5.75 Å². The molecule has 0 aliphatic carbocycles. The van der Waals surface area contributed by atoms with E-state index in [-0.39, 0.29) is 19.0 Å². The Balaban J connectivity index is 2.62. The highest BCUT2D eigenvalue weighted by molar-refractivity contribution is 5.23. The lowest BCUT2D eigenvalue weighted by molar-refractivity contribution is 0.196. The van der Waals surface area contributed by atoms with Crippen molar-refractivity contribution in [3.05, 3.63) is 30.1 Å². The summed E-state index contributed by atoms with van der Waals surface area (Å²) in [6.45, 7) is 0.0231. The van der Waals surface area contributed by atoms with Crippen LogP contribution in [0.1, 0.15) is 0 Å². The van der Waals surface area contributed by atoms with E-state index >= 15 is 0 Å². The minimum absolute atomic E-state index is 0.103. The van der Waals surface area contributed by atoms with Crippen LogP contribution in [0, 0.1) is 5.82 Å². The average Bonchev–Trinajstić information content (AvgIpc) is 2.03. The number of para-hydroxylation sites is 1. The minimum Gasteiger partial charge on any atom is -0.488 e. The zero-order chi connectivity index (χ0) is 8.10. The molecule has 0 saturated heterocycles. The second kappa shape index (κ2) is 3.93. The van der Waals surface area contributed by atoms with Gasteiger partial charge >= 0.3 is 0 Å². The van der Waals surface area contributed by atoms with E-state index in [1.54, 1.807) is 12.1 Å². The highest BCUT2D eigenvalue weighted by atomic mass is 19.1. The summed E-state index contributed by atoms with van der Waals surface area (Å²) in [4.78, 5) is 0. The summed E-state index contributed by atoms with van der Waals surface area (Å²) < 4.78 is 17.6. The molecule has 1 N–H and O–H groups in total. The maximum absolute atomic E-state index is 12.7. The second-order valence-corrected chi connectivity index (χ2v) is 2.00. The van der Waals surface area contributed by atoms with Crippen molar-refractivity contribution in [1.29, 1.82) is 0 Å². The van der Waals surface area contributed by atoms with Crippen molar-refractivity contribution in [2.24, 2.45) is 0 Å². The molecule has 0 atom stereocenters. The van der Waals surface area contributed by atoms with Gasteiger partial charge in [0.15, 0.2) is 11.6 Å². The molecule has 0 saturated carbocycles. The molecule has 3 heteroatoms. The number of aliphatic hydroxyl groups is 1. The average molecular weight is 156 g/mol. The quantitative estimate of drug-likeness (QED) is 0.712. The third-order valence-electron chi connectivity index (χ3n) is 1.19. The summed E-state index contributed by atoms with van der Waals surface area (Å²) in [7, 11) is 0. The number of benzene rings is 1.